The number of nitrogens with zero attached hydrogens (tertiary/aromatic N) is 3. The third-order valence-corrected chi connectivity index (χ3v) is 9.25. The van der Waals surface area contributed by atoms with E-state index < -0.39 is 21.7 Å². The highest BCUT2D eigenvalue weighted by Gasteiger charge is 2.31. The van der Waals surface area contributed by atoms with E-state index in [0.29, 0.717) is 36.2 Å². The molecule has 12 heteroatoms. The first-order valence-electron chi connectivity index (χ1n) is 13.8. The summed E-state index contributed by atoms with van der Waals surface area (Å²) in [6.45, 7) is 6.92. The second kappa shape index (κ2) is 11.9. The molecule has 2 N–H and O–H groups in total. The molecule has 0 saturated carbocycles. The van der Waals surface area contributed by atoms with Gasteiger partial charge in [-0.25, -0.2) is 13.2 Å². The number of carbonyl (C=O) groups is 2. The van der Waals surface area contributed by atoms with Crippen LogP contribution in [-0.4, -0.2) is 73.9 Å². The van der Waals surface area contributed by atoms with E-state index in [1.807, 2.05) is 12.1 Å². The fourth-order valence-electron chi connectivity index (χ4n) is 4.99. The minimum absolute atomic E-state index is 0.0857. The predicted octanol–water partition coefficient (Wildman–Crippen LogP) is 4.56. The first kappa shape index (κ1) is 29.8. The van der Waals surface area contributed by atoms with Crippen LogP contribution in [0.2, 0.25) is 5.02 Å². The van der Waals surface area contributed by atoms with Crippen LogP contribution in [0, 0.1) is 0 Å². The number of ether oxygens (including phenoxy) is 1. The highest BCUT2D eigenvalue weighted by molar-refractivity contribution is 7.89. The number of benzene rings is 3. The summed E-state index contributed by atoms with van der Waals surface area (Å²) >= 11 is 6.05. The molecule has 1 atom stereocenters. The first-order chi connectivity index (χ1) is 19.9. The molecule has 42 heavy (non-hydrogen) atoms. The Morgan fingerprint density at radius 3 is 2.33 bits per heavy atom. The van der Waals surface area contributed by atoms with E-state index in [9.17, 15) is 18.0 Å². The number of carbonyl (C=O) groups excluding carboxylic acids is 2. The van der Waals surface area contributed by atoms with Gasteiger partial charge in [0.05, 0.1) is 10.9 Å². The Morgan fingerprint density at radius 2 is 1.64 bits per heavy atom. The molecule has 2 aliphatic rings. The van der Waals surface area contributed by atoms with Crippen LogP contribution in [-0.2, 0) is 14.8 Å². The number of piperazine rings is 1. The van der Waals surface area contributed by atoms with Gasteiger partial charge in [0, 0.05) is 43.3 Å². The second-order valence-electron chi connectivity index (χ2n) is 11.3. The lowest BCUT2D eigenvalue weighted by Crippen LogP contribution is -2.50. The van der Waals surface area contributed by atoms with Gasteiger partial charge in [-0.1, -0.05) is 35.9 Å². The molecule has 3 aromatic carbocycles. The maximum absolute atomic E-state index is 13.3. The molecular weight excluding hydrogens is 578 g/mol. The molecule has 222 valence electrons. The Labute approximate surface area is 250 Å². The van der Waals surface area contributed by atoms with Crippen molar-refractivity contribution in [1.82, 2.24) is 19.8 Å². The van der Waals surface area contributed by atoms with E-state index in [0.717, 1.165) is 22.8 Å². The summed E-state index contributed by atoms with van der Waals surface area (Å²) in [6, 6.07) is 17.6. The first-order valence-corrected chi connectivity index (χ1v) is 15.6. The summed E-state index contributed by atoms with van der Waals surface area (Å²) in [5.74, 6) is 0.202. The lowest BCUT2D eigenvalue weighted by molar-refractivity contribution is 0.0560. The fraction of sp³-hybridized carbons (Fsp3) is 0.367. The Morgan fingerprint density at radius 1 is 0.976 bits per heavy atom. The van der Waals surface area contributed by atoms with Gasteiger partial charge in [0.25, 0.3) is 5.91 Å². The molecule has 1 unspecified atom stereocenters. The lowest BCUT2D eigenvalue weighted by atomic mass is 10.0. The van der Waals surface area contributed by atoms with Crippen molar-refractivity contribution in [2.45, 2.75) is 43.7 Å². The quantitative estimate of drug-likeness (QED) is 0.446. The molecule has 2 heterocycles. The minimum Gasteiger partial charge on any atom is -0.444 e. The van der Waals surface area contributed by atoms with E-state index in [1.54, 1.807) is 74.2 Å². The summed E-state index contributed by atoms with van der Waals surface area (Å²) < 4.78 is 33.4. The van der Waals surface area contributed by atoms with Crippen molar-refractivity contribution < 1.29 is 22.7 Å². The molecule has 0 aromatic heterocycles. The number of sulfonamides is 1. The standard InChI is InChI=1S/C30H34ClN5O5S/c1-30(2,3)41-29(38)34-28-32-13-12-26(33-28)20-4-6-21(7-5-20)27(37)35-14-16-36(17-15-35)42(39,40)25-11-9-22-18-24(31)10-8-23(22)19-25/h4-11,18-19,26H,12-17H2,1-3H3,(H2,32,33,34,38). The third-order valence-electron chi connectivity index (χ3n) is 7.12. The maximum Gasteiger partial charge on any atom is 0.414 e. The van der Waals surface area contributed by atoms with Crippen molar-refractivity contribution in [2.24, 2.45) is 4.99 Å². The maximum atomic E-state index is 13.3. The number of nitrogens with one attached hydrogen (secondary N) is 2. The molecule has 2 aliphatic heterocycles. The Bertz CT molecular complexity index is 1630. The van der Waals surface area contributed by atoms with Crippen LogP contribution in [0.5, 0.6) is 0 Å². The number of alkyl carbamates (subject to hydrolysis) is 1. The van der Waals surface area contributed by atoms with E-state index in [-0.39, 0.29) is 29.9 Å². The lowest BCUT2D eigenvalue weighted by Gasteiger charge is -2.34. The normalized spacial score (nSPS) is 18.2. The van der Waals surface area contributed by atoms with Crippen molar-refractivity contribution in [3.05, 3.63) is 76.8 Å². The van der Waals surface area contributed by atoms with E-state index in [1.165, 1.54) is 4.31 Å². The van der Waals surface area contributed by atoms with Gasteiger partial charge in [-0.3, -0.25) is 15.1 Å². The molecule has 5 rings (SSSR count). The van der Waals surface area contributed by atoms with Gasteiger partial charge in [0.1, 0.15) is 5.60 Å². The summed E-state index contributed by atoms with van der Waals surface area (Å²) in [5.41, 5.74) is 0.868. The van der Waals surface area contributed by atoms with Gasteiger partial charge in [0.15, 0.2) is 0 Å². The molecule has 3 aromatic rings. The smallest absolute Gasteiger partial charge is 0.414 e. The van der Waals surface area contributed by atoms with Crippen LogP contribution < -0.4 is 10.6 Å². The van der Waals surface area contributed by atoms with Gasteiger partial charge in [-0.2, -0.15) is 4.31 Å². The van der Waals surface area contributed by atoms with Crippen molar-refractivity contribution in [1.29, 1.82) is 0 Å². The molecule has 0 aliphatic carbocycles. The van der Waals surface area contributed by atoms with Gasteiger partial charge in [-0.15, -0.1) is 0 Å². The molecule has 1 fully saturated rings. The van der Waals surface area contributed by atoms with Gasteiger partial charge < -0.3 is 15.0 Å². The fourth-order valence-corrected chi connectivity index (χ4v) is 6.63. The van der Waals surface area contributed by atoms with Crippen LogP contribution >= 0.6 is 11.6 Å². The molecule has 1 saturated heterocycles. The van der Waals surface area contributed by atoms with E-state index in [2.05, 4.69) is 15.6 Å². The Balaban J connectivity index is 1.17. The number of rotatable bonds is 4. The summed E-state index contributed by atoms with van der Waals surface area (Å²) in [7, 11) is -3.71. The van der Waals surface area contributed by atoms with Crippen molar-refractivity contribution in [3.8, 4) is 0 Å². The molecule has 0 spiro atoms. The largest absolute Gasteiger partial charge is 0.444 e. The number of halogens is 1. The van der Waals surface area contributed by atoms with Crippen LogP contribution in [0.4, 0.5) is 4.79 Å². The van der Waals surface area contributed by atoms with Crippen LogP contribution in [0.3, 0.4) is 0 Å². The predicted molar refractivity (Wildman–Crippen MR) is 162 cm³/mol. The average Bonchev–Trinajstić information content (AvgIpc) is 2.95. The number of guanidine groups is 1. The topological polar surface area (TPSA) is 120 Å². The van der Waals surface area contributed by atoms with Crippen molar-refractivity contribution >= 4 is 50.4 Å². The Hall–Kier alpha value is -3.67. The zero-order valence-electron chi connectivity index (χ0n) is 23.8. The van der Waals surface area contributed by atoms with Gasteiger partial charge in [0.2, 0.25) is 16.0 Å². The highest BCUT2D eigenvalue weighted by Crippen LogP contribution is 2.26. The summed E-state index contributed by atoms with van der Waals surface area (Å²) in [6.07, 6.45) is 0.152. The van der Waals surface area contributed by atoms with Crippen LogP contribution in [0.15, 0.2) is 70.6 Å². The molecular formula is C30H34ClN5O5S. The number of hydrogen-bond donors (Lipinski definition) is 2. The number of hydrogen-bond acceptors (Lipinski definition) is 7. The zero-order valence-corrected chi connectivity index (χ0v) is 25.3. The molecule has 10 nitrogen and oxygen atoms in total. The van der Waals surface area contributed by atoms with E-state index in [4.69, 9.17) is 16.3 Å². The second-order valence-corrected chi connectivity index (χ2v) is 13.7. The highest BCUT2D eigenvalue weighted by atomic mass is 35.5. The minimum atomic E-state index is -3.71. The van der Waals surface area contributed by atoms with E-state index >= 15 is 0 Å². The third kappa shape index (κ3) is 6.86. The van der Waals surface area contributed by atoms with Crippen LogP contribution in [0.1, 0.15) is 49.2 Å². The number of fused-ring (bicyclic) bond motifs is 1. The van der Waals surface area contributed by atoms with Crippen molar-refractivity contribution in [3.63, 3.8) is 0 Å². The summed E-state index contributed by atoms with van der Waals surface area (Å²) in [4.78, 5) is 31.6. The van der Waals surface area contributed by atoms with Crippen molar-refractivity contribution in [2.75, 3.05) is 32.7 Å². The zero-order chi connectivity index (χ0) is 30.1. The van der Waals surface area contributed by atoms with Gasteiger partial charge >= 0.3 is 6.09 Å². The average molecular weight is 612 g/mol. The molecule has 0 bridgehead atoms. The Kier molecular flexibility index (Phi) is 8.45. The monoisotopic (exact) mass is 611 g/mol. The summed E-state index contributed by atoms with van der Waals surface area (Å²) in [5, 5.41) is 8.12. The molecule has 0 radical (unpaired) electrons. The molecule has 2 amide bonds. The number of amides is 2. The SMILES string of the molecule is CC(C)(C)OC(=O)NC1=NCCC(c2ccc(C(=O)N3CCN(S(=O)(=O)c4ccc5cc(Cl)ccc5c4)CC3)cc2)N1. The van der Waals surface area contributed by atoms with Gasteiger partial charge in [-0.05, 0) is 79.9 Å². The van der Waals surface area contributed by atoms with Crippen LogP contribution in [0.25, 0.3) is 10.8 Å². The number of aliphatic imine (C=N–C) groups is 1.